The van der Waals surface area contributed by atoms with E-state index in [2.05, 4.69) is 26.9 Å². The number of pyridine rings is 1. The molecule has 3 aromatic heterocycles. The predicted molar refractivity (Wildman–Crippen MR) is 186 cm³/mol. The standard InChI is InChI=1S/C37H47FN6O6/c1-20-19-43(12-13-44(20)23-10-15-47-16-11-23)36-41-40-34(49-36)28-18-26-30(25-17-27(38)31-24(21(25)2)9-8-14-48-31)29(22(3)39-33(26)42(28)7)32(35(45)46)50-37(4,5)6/h17-18,20,23,32H,8-16,19H2,1-7H3,(H,45,46)/t20-,32-/m0/s1. The van der Waals surface area contributed by atoms with E-state index in [0.717, 1.165) is 63.2 Å². The zero-order valence-electron chi connectivity index (χ0n) is 30.0. The van der Waals surface area contributed by atoms with Crippen LogP contribution in [0.25, 0.3) is 33.7 Å². The highest BCUT2D eigenvalue weighted by molar-refractivity contribution is 6.01. The quantitative estimate of drug-likeness (QED) is 0.245. The Bertz CT molecular complexity index is 1930. The smallest absolute Gasteiger partial charge is 0.337 e. The molecule has 0 unspecified atom stereocenters. The predicted octanol–water partition coefficient (Wildman–Crippen LogP) is 6.00. The highest BCUT2D eigenvalue weighted by atomic mass is 19.1. The average Bonchev–Trinajstić information content (AvgIpc) is 3.70. The molecule has 2 atom stereocenters. The fourth-order valence-electron chi connectivity index (χ4n) is 7.93. The third-order valence-electron chi connectivity index (χ3n) is 10.3. The number of aryl methyl sites for hydroxylation is 2. The number of rotatable bonds is 7. The minimum absolute atomic E-state index is 0.261. The zero-order valence-corrected chi connectivity index (χ0v) is 30.0. The first-order valence-electron chi connectivity index (χ1n) is 17.6. The van der Waals surface area contributed by atoms with Gasteiger partial charge in [0.15, 0.2) is 17.7 Å². The third kappa shape index (κ3) is 6.24. The molecule has 0 radical (unpaired) electrons. The second-order valence-electron chi connectivity index (χ2n) is 14.8. The number of hydrogen-bond donors (Lipinski definition) is 1. The molecule has 2 fully saturated rings. The summed E-state index contributed by atoms with van der Waals surface area (Å²) >= 11 is 0. The summed E-state index contributed by atoms with van der Waals surface area (Å²) in [6.45, 7) is 15.9. The van der Waals surface area contributed by atoms with Crippen molar-refractivity contribution in [2.24, 2.45) is 7.05 Å². The molecule has 3 aliphatic heterocycles. The molecule has 1 N–H and O–H groups in total. The molecule has 0 amide bonds. The van der Waals surface area contributed by atoms with Crippen molar-refractivity contribution >= 4 is 23.0 Å². The lowest BCUT2D eigenvalue weighted by atomic mass is 9.86. The second-order valence-corrected chi connectivity index (χ2v) is 14.8. The van der Waals surface area contributed by atoms with Crippen molar-refractivity contribution in [2.75, 3.05) is 44.4 Å². The summed E-state index contributed by atoms with van der Waals surface area (Å²) in [6, 6.07) is 4.62. The van der Waals surface area contributed by atoms with Crippen LogP contribution in [-0.2, 0) is 27.7 Å². The van der Waals surface area contributed by atoms with Crippen molar-refractivity contribution in [1.29, 1.82) is 0 Å². The largest absolute Gasteiger partial charge is 0.490 e. The van der Waals surface area contributed by atoms with Crippen LogP contribution in [0.15, 0.2) is 16.5 Å². The van der Waals surface area contributed by atoms with Gasteiger partial charge in [-0.1, -0.05) is 5.10 Å². The van der Waals surface area contributed by atoms with Gasteiger partial charge in [0.1, 0.15) is 11.3 Å². The number of carboxylic acids is 1. The van der Waals surface area contributed by atoms with E-state index in [-0.39, 0.29) is 5.75 Å². The van der Waals surface area contributed by atoms with E-state index >= 15 is 4.39 Å². The van der Waals surface area contributed by atoms with Crippen LogP contribution in [-0.4, -0.2) is 92.9 Å². The molecule has 0 bridgehead atoms. The number of halogens is 1. The van der Waals surface area contributed by atoms with E-state index in [4.69, 9.17) is 23.6 Å². The van der Waals surface area contributed by atoms with E-state index in [1.54, 1.807) is 6.92 Å². The second kappa shape index (κ2) is 13.2. The molecule has 0 saturated carbocycles. The Balaban J connectivity index is 1.33. The van der Waals surface area contributed by atoms with Crippen LogP contribution in [0.2, 0.25) is 0 Å². The van der Waals surface area contributed by atoms with Gasteiger partial charge in [0.25, 0.3) is 5.89 Å². The summed E-state index contributed by atoms with van der Waals surface area (Å²) in [6.07, 6.45) is 2.15. The van der Waals surface area contributed by atoms with Crippen molar-refractivity contribution in [3.8, 4) is 28.5 Å². The van der Waals surface area contributed by atoms with E-state index in [9.17, 15) is 9.90 Å². The average molecular weight is 691 g/mol. The van der Waals surface area contributed by atoms with Crippen LogP contribution in [0.4, 0.5) is 10.4 Å². The fourth-order valence-corrected chi connectivity index (χ4v) is 7.93. The third-order valence-corrected chi connectivity index (χ3v) is 10.3. The summed E-state index contributed by atoms with van der Waals surface area (Å²) in [5.74, 6) is -1.07. The van der Waals surface area contributed by atoms with Crippen LogP contribution >= 0.6 is 0 Å². The number of anilines is 1. The Morgan fingerprint density at radius 1 is 1.12 bits per heavy atom. The number of aliphatic carboxylic acids is 1. The van der Waals surface area contributed by atoms with E-state index in [1.165, 1.54) is 6.07 Å². The molecule has 4 aromatic rings. The first-order chi connectivity index (χ1) is 23.8. The molecule has 50 heavy (non-hydrogen) atoms. The van der Waals surface area contributed by atoms with Gasteiger partial charge in [0, 0.05) is 79.7 Å². The Kier molecular flexibility index (Phi) is 9.10. The number of aromatic nitrogens is 4. The van der Waals surface area contributed by atoms with Crippen molar-refractivity contribution in [1.82, 2.24) is 24.6 Å². The number of ether oxygens (including phenoxy) is 3. The maximum Gasteiger partial charge on any atom is 0.337 e. The number of carbonyl (C=O) groups is 1. The first-order valence-corrected chi connectivity index (χ1v) is 17.6. The summed E-state index contributed by atoms with van der Waals surface area (Å²) in [7, 11) is 1.86. The van der Waals surface area contributed by atoms with Crippen LogP contribution in [0, 0.1) is 19.7 Å². The van der Waals surface area contributed by atoms with Gasteiger partial charge in [-0.25, -0.2) is 14.2 Å². The number of carboxylic acid groups (broad SMARTS) is 1. The van der Waals surface area contributed by atoms with Gasteiger partial charge in [-0.15, -0.1) is 5.10 Å². The highest BCUT2D eigenvalue weighted by Gasteiger charge is 2.36. The SMILES string of the molecule is Cc1nc2c(cc(-c3nnc(N4CCN(C5CCOCC5)[C@@H](C)C4)o3)n2C)c(-c2cc(F)c3c(c2C)CCCO3)c1[C@H](OC(C)(C)C)C(=O)O. The molecule has 0 spiro atoms. The van der Waals surface area contributed by atoms with Gasteiger partial charge in [-0.05, 0) is 90.5 Å². The Morgan fingerprint density at radius 2 is 1.88 bits per heavy atom. The number of hydrogen-bond acceptors (Lipinski definition) is 10. The molecule has 3 aliphatic rings. The molecule has 12 nitrogen and oxygen atoms in total. The van der Waals surface area contributed by atoms with E-state index in [0.29, 0.717) is 76.1 Å². The van der Waals surface area contributed by atoms with Gasteiger partial charge >= 0.3 is 12.0 Å². The maximum absolute atomic E-state index is 15.8. The minimum Gasteiger partial charge on any atom is -0.490 e. The molecule has 6 heterocycles. The fraction of sp³-hybridized carbons (Fsp3) is 0.568. The summed E-state index contributed by atoms with van der Waals surface area (Å²) in [5.41, 5.74) is 3.97. The number of benzene rings is 1. The monoisotopic (exact) mass is 690 g/mol. The molecular weight excluding hydrogens is 643 g/mol. The molecule has 268 valence electrons. The van der Waals surface area contributed by atoms with Crippen molar-refractivity contribution in [3.05, 3.63) is 40.3 Å². The van der Waals surface area contributed by atoms with Crippen LogP contribution in [0.3, 0.4) is 0 Å². The molecule has 0 aliphatic carbocycles. The van der Waals surface area contributed by atoms with Crippen LogP contribution in [0.1, 0.15) is 75.4 Å². The number of piperazine rings is 1. The van der Waals surface area contributed by atoms with Crippen LogP contribution < -0.4 is 9.64 Å². The van der Waals surface area contributed by atoms with Crippen molar-refractivity contribution in [2.45, 2.75) is 91.0 Å². The molecule has 1 aromatic carbocycles. The summed E-state index contributed by atoms with van der Waals surface area (Å²) < 4.78 is 41.5. The molecule has 2 saturated heterocycles. The highest BCUT2D eigenvalue weighted by Crippen LogP contribution is 2.45. The van der Waals surface area contributed by atoms with Gasteiger partial charge in [0.05, 0.1) is 12.2 Å². The molecule has 7 rings (SSSR count). The topological polar surface area (TPSA) is 128 Å². The summed E-state index contributed by atoms with van der Waals surface area (Å²) in [5, 5.41) is 20.1. The van der Waals surface area contributed by atoms with Gasteiger partial charge in [0.2, 0.25) is 0 Å². The van der Waals surface area contributed by atoms with Crippen molar-refractivity contribution in [3.63, 3.8) is 0 Å². The number of fused-ring (bicyclic) bond motifs is 2. The lowest BCUT2D eigenvalue weighted by Gasteiger charge is -2.44. The van der Waals surface area contributed by atoms with Crippen LogP contribution in [0.5, 0.6) is 5.75 Å². The minimum atomic E-state index is -1.36. The van der Waals surface area contributed by atoms with Gasteiger partial charge in [-0.3, -0.25) is 4.90 Å². The zero-order chi connectivity index (χ0) is 35.5. The molecular formula is C37H47FN6O6. The first kappa shape index (κ1) is 34.4. The maximum atomic E-state index is 15.8. The normalized spacial score (nSPS) is 19.8. The number of nitrogens with zero attached hydrogens (tertiary/aromatic N) is 6. The Hall–Kier alpha value is -4.07. The Morgan fingerprint density at radius 3 is 2.58 bits per heavy atom. The van der Waals surface area contributed by atoms with Crippen molar-refractivity contribution < 1.29 is 32.9 Å². The Labute approximate surface area is 291 Å². The molecule has 13 heteroatoms. The summed E-state index contributed by atoms with van der Waals surface area (Å²) in [4.78, 5) is 22.5. The van der Waals surface area contributed by atoms with Gasteiger partial charge in [-0.2, -0.15) is 0 Å². The lowest BCUT2D eigenvalue weighted by molar-refractivity contribution is -0.160. The van der Waals surface area contributed by atoms with E-state index in [1.807, 2.05) is 45.4 Å². The van der Waals surface area contributed by atoms with E-state index < -0.39 is 23.5 Å². The lowest BCUT2D eigenvalue weighted by Crippen LogP contribution is -2.56. The van der Waals surface area contributed by atoms with Gasteiger partial charge < -0.3 is 33.2 Å².